The molecule has 3 fully saturated rings. The predicted molar refractivity (Wildman–Crippen MR) is 123 cm³/mol. The molecule has 7 nitrogen and oxygen atoms in total. The molecule has 1 N–H and O–H groups in total. The summed E-state index contributed by atoms with van der Waals surface area (Å²) in [6.45, 7) is 7.21. The van der Waals surface area contributed by atoms with Gasteiger partial charge in [-0.05, 0) is 49.3 Å². The van der Waals surface area contributed by atoms with Crippen LogP contribution in [-0.2, 0) is 16.0 Å². The number of hydrogen-bond donors (Lipinski definition) is 1. The molecule has 5 rings (SSSR count). The predicted octanol–water partition coefficient (Wildman–Crippen LogP) is 2.37. The Hall–Kier alpha value is -2.00. The molecule has 3 saturated heterocycles. The van der Waals surface area contributed by atoms with E-state index in [4.69, 9.17) is 21.7 Å². The number of nitrogens with zero attached hydrogens (tertiary/aromatic N) is 4. The van der Waals surface area contributed by atoms with Crippen molar-refractivity contribution in [1.29, 1.82) is 0 Å². The van der Waals surface area contributed by atoms with Gasteiger partial charge in [0.1, 0.15) is 0 Å². The molecule has 2 aromatic rings. The number of ether oxygens (including phenoxy) is 2. The number of rotatable bonds is 7. The van der Waals surface area contributed by atoms with E-state index in [9.17, 15) is 0 Å². The molecule has 5 heterocycles. The largest absolute Gasteiger partial charge is 0.379 e. The van der Waals surface area contributed by atoms with Crippen LogP contribution in [0.1, 0.15) is 36.3 Å². The van der Waals surface area contributed by atoms with E-state index in [1.54, 1.807) is 0 Å². The molecule has 3 aliphatic heterocycles. The zero-order valence-corrected chi connectivity index (χ0v) is 18.7. The average molecular weight is 442 g/mol. The number of aromatic nitrogens is 2. The summed E-state index contributed by atoms with van der Waals surface area (Å²) >= 11 is 5.83. The molecule has 31 heavy (non-hydrogen) atoms. The maximum absolute atomic E-state index is 5.92. The van der Waals surface area contributed by atoms with Crippen molar-refractivity contribution in [1.82, 2.24) is 24.7 Å². The monoisotopic (exact) mass is 441 g/mol. The Morgan fingerprint density at radius 3 is 2.77 bits per heavy atom. The molecule has 0 radical (unpaired) electrons. The smallest absolute Gasteiger partial charge is 0.170 e. The lowest BCUT2D eigenvalue weighted by Gasteiger charge is -2.32. The highest BCUT2D eigenvalue weighted by Crippen LogP contribution is 2.38. The summed E-state index contributed by atoms with van der Waals surface area (Å²) in [4.78, 5) is 9.48. The maximum atomic E-state index is 5.92. The van der Waals surface area contributed by atoms with Crippen molar-refractivity contribution in [2.45, 2.75) is 37.6 Å². The van der Waals surface area contributed by atoms with Gasteiger partial charge in [0.25, 0.3) is 0 Å². The number of thiocarbonyl (C=S) groups is 1. The van der Waals surface area contributed by atoms with Crippen LogP contribution in [0.4, 0.5) is 0 Å². The molecular formula is C23H31N5O2S. The van der Waals surface area contributed by atoms with Crippen LogP contribution in [0, 0.1) is 0 Å². The van der Waals surface area contributed by atoms with Crippen LogP contribution < -0.4 is 5.32 Å². The van der Waals surface area contributed by atoms with Crippen molar-refractivity contribution in [3.05, 3.63) is 54.1 Å². The van der Waals surface area contributed by atoms with Crippen molar-refractivity contribution < 1.29 is 9.47 Å². The van der Waals surface area contributed by atoms with Crippen LogP contribution in [0.2, 0.25) is 0 Å². The first-order valence-electron chi connectivity index (χ1n) is 11.3. The Bertz CT molecular complexity index is 864. The number of nitrogens with one attached hydrogen (secondary N) is 1. The van der Waals surface area contributed by atoms with E-state index in [2.05, 4.69) is 49.1 Å². The van der Waals surface area contributed by atoms with Crippen molar-refractivity contribution in [2.75, 3.05) is 46.0 Å². The summed E-state index contributed by atoms with van der Waals surface area (Å²) in [5.74, 6) is 0. The fourth-order valence-corrected chi connectivity index (χ4v) is 5.24. The van der Waals surface area contributed by atoms with Gasteiger partial charge < -0.3 is 24.3 Å². The second-order valence-corrected chi connectivity index (χ2v) is 8.88. The van der Waals surface area contributed by atoms with Crippen LogP contribution in [0.25, 0.3) is 0 Å². The molecule has 0 bridgehead atoms. The summed E-state index contributed by atoms with van der Waals surface area (Å²) < 4.78 is 13.8. The SMILES string of the molecule is S=C1N[C@@H](c2ccccn2)[C@H](c2cccn2C[C@@H]2CCCO2)N1CCN1CCOCC1. The summed E-state index contributed by atoms with van der Waals surface area (Å²) in [6.07, 6.45) is 6.61. The molecule has 2 aromatic heterocycles. The lowest BCUT2D eigenvalue weighted by molar-refractivity contribution is 0.0349. The Morgan fingerprint density at radius 1 is 1.10 bits per heavy atom. The number of morpholine rings is 1. The number of hydrogen-bond acceptors (Lipinski definition) is 5. The van der Waals surface area contributed by atoms with Gasteiger partial charge >= 0.3 is 0 Å². The Labute approximate surface area is 189 Å². The summed E-state index contributed by atoms with van der Waals surface area (Å²) in [5, 5.41) is 4.38. The third kappa shape index (κ3) is 4.62. The second-order valence-electron chi connectivity index (χ2n) is 8.49. The lowest BCUT2D eigenvalue weighted by atomic mass is 10.0. The van der Waals surface area contributed by atoms with Gasteiger partial charge in [0.05, 0.1) is 37.1 Å². The maximum Gasteiger partial charge on any atom is 0.170 e. The highest BCUT2D eigenvalue weighted by molar-refractivity contribution is 7.80. The molecule has 0 aliphatic carbocycles. The van der Waals surface area contributed by atoms with E-state index in [-0.39, 0.29) is 12.1 Å². The normalized spacial score (nSPS) is 27.0. The Kier molecular flexibility index (Phi) is 6.50. The van der Waals surface area contributed by atoms with Gasteiger partial charge in [0, 0.05) is 57.4 Å². The van der Waals surface area contributed by atoms with Crippen LogP contribution in [0.3, 0.4) is 0 Å². The van der Waals surface area contributed by atoms with Crippen molar-refractivity contribution in [3.63, 3.8) is 0 Å². The molecule has 0 saturated carbocycles. The van der Waals surface area contributed by atoms with E-state index in [1.807, 2.05) is 18.3 Å². The second kappa shape index (κ2) is 9.65. The van der Waals surface area contributed by atoms with Gasteiger partial charge in [0.2, 0.25) is 0 Å². The molecular weight excluding hydrogens is 410 g/mol. The standard InChI is InChI=1S/C23H31N5O2S/c31-23-25-21(19-6-1-2-8-24-19)22(28(23)11-10-26-12-15-29-16-13-26)20-7-3-9-27(20)17-18-5-4-14-30-18/h1-3,6-9,18,21-22H,4-5,10-17H2,(H,25,31)/t18-,21-,22-/m0/s1. The quantitative estimate of drug-likeness (QED) is 0.662. The third-order valence-electron chi connectivity index (χ3n) is 6.55. The third-order valence-corrected chi connectivity index (χ3v) is 6.90. The van der Waals surface area contributed by atoms with Crippen molar-refractivity contribution in [3.8, 4) is 0 Å². The molecule has 8 heteroatoms. The first-order chi connectivity index (χ1) is 15.3. The van der Waals surface area contributed by atoms with E-state index < -0.39 is 0 Å². The fourth-order valence-electron chi connectivity index (χ4n) is 4.91. The Morgan fingerprint density at radius 2 is 2.00 bits per heavy atom. The summed E-state index contributed by atoms with van der Waals surface area (Å²) in [6, 6.07) is 10.6. The lowest BCUT2D eigenvalue weighted by Crippen LogP contribution is -2.43. The van der Waals surface area contributed by atoms with E-state index >= 15 is 0 Å². The minimum absolute atomic E-state index is 0.0246. The molecule has 0 aromatic carbocycles. The minimum atomic E-state index is 0.0246. The average Bonchev–Trinajstić information content (AvgIpc) is 3.55. The first kappa shape index (κ1) is 20.9. The molecule has 3 atom stereocenters. The fraction of sp³-hybridized carbons (Fsp3) is 0.565. The number of pyridine rings is 1. The van der Waals surface area contributed by atoms with E-state index in [1.165, 1.54) is 5.69 Å². The summed E-state index contributed by atoms with van der Waals surface area (Å²) in [7, 11) is 0. The molecule has 0 spiro atoms. The zero-order valence-electron chi connectivity index (χ0n) is 17.9. The molecule has 166 valence electrons. The van der Waals surface area contributed by atoms with Crippen LogP contribution >= 0.6 is 12.2 Å². The minimum Gasteiger partial charge on any atom is -0.379 e. The van der Waals surface area contributed by atoms with Gasteiger partial charge in [0.15, 0.2) is 5.11 Å². The van der Waals surface area contributed by atoms with Gasteiger partial charge in [-0.3, -0.25) is 9.88 Å². The van der Waals surface area contributed by atoms with Crippen LogP contribution in [-0.4, -0.2) is 76.6 Å². The van der Waals surface area contributed by atoms with Crippen molar-refractivity contribution >= 4 is 17.3 Å². The molecule has 3 aliphatic rings. The highest BCUT2D eigenvalue weighted by Gasteiger charge is 2.41. The van der Waals surface area contributed by atoms with Crippen LogP contribution in [0.15, 0.2) is 42.7 Å². The van der Waals surface area contributed by atoms with E-state index in [0.717, 1.165) is 76.2 Å². The highest BCUT2D eigenvalue weighted by atomic mass is 32.1. The molecule has 0 unspecified atom stereocenters. The van der Waals surface area contributed by atoms with Gasteiger partial charge in [-0.15, -0.1) is 0 Å². The van der Waals surface area contributed by atoms with Gasteiger partial charge in [-0.25, -0.2) is 0 Å². The van der Waals surface area contributed by atoms with Gasteiger partial charge in [-0.2, -0.15) is 0 Å². The topological polar surface area (TPSA) is 54.8 Å². The van der Waals surface area contributed by atoms with Crippen LogP contribution in [0.5, 0.6) is 0 Å². The summed E-state index contributed by atoms with van der Waals surface area (Å²) in [5.41, 5.74) is 2.29. The van der Waals surface area contributed by atoms with E-state index in [0.29, 0.717) is 6.10 Å². The Balaban J connectivity index is 1.41. The first-order valence-corrected chi connectivity index (χ1v) is 11.8. The molecule has 0 amide bonds. The van der Waals surface area contributed by atoms with Crippen molar-refractivity contribution in [2.24, 2.45) is 0 Å². The van der Waals surface area contributed by atoms with Gasteiger partial charge in [-0.1, -0.05) is 6.07 Å². The zero-order chi connectivity index (χ0) is 21.0.